The van der Waals surface area contributed by atoms with Crippen LogP contribution in [-0.2, 0) is 16.2 Å². The number of carbonyl (C=O) groups is 2. The lowest BCUT2D eigenvalue weighted by Crippen LogP contribution is -2.28. The summed E-state index contributed by atoms with van der Waals surface area (Å²) in [5.74, 6) is -5.48. The number of hydrogen-bond donors (Lipinski definition) is 5. The maximum absolute atomic E-state index is 14.8. The largest absolute Gasteiger partial charge is 0.394 e. The lowest BCUT2D eigenvalue weighted by Gasteiger charge is -2.17. The number of hydroxylamine groups is 1. The molecule has 0 unspecified atom stereocenters. The van der Waals surface area contributed by atoms with Gasteiger partial charge in [0.25, 0.3) is 5.91 Å². The molecule has 2 rings (SSSR count). The summed E-state index contributed by atoms with van der Waals surface area (Å²) in [4.78, 5) is 28.3. The van der Waals surface area contributed by atoms with Crippen LogP contribution < -0.4 is 16.1 Å². The maximum Gasteiger partial charge on any atom is 0.277 e. The van der Waals surface area contributed by atoms with Crippen LogP contribution in [-0.4, -0.2) is 41.8 Å². The van der Waals surface area contributed by atoms with Gasteiger partial charge >= 0.3 is 0 Å². The minimum absolute atomic E-state index is 0.208. The smallest absolute Gasteiger partial charge is 0.277 e. The van der Waals surface area contributed by atoms with Gasteiger partial charge in [-0.2, -0.15) is 0 Å². The van der Waals surface area contributed by atoms with Crippen molar-refractivity contribution in [2.24, 2.45) is 0 Å². The summed E-state index contributed by atoms with van der Waals surface area (Å²) in [6.07, 6.45) is 0. The first-order valence-electron chi connectivity index (χ1n) is 8.42. The molecule has 0 aliphatic carbocycles. The number of nitrogens with one attached hydrogen (secondary N) is 3. The van der Waals surface area contributed by atoms with E-state index in [4.69, 9.17) is 15.1 Å². The number of benzene rings is 2. The summed E-state index contributed by atoms with van der Waals surface area (Å²) >= 11 is 1.87. The Hall–Kier alpha value is -2.42. The number of hydrogen-bond acceptors (Lipinski definition) is 6. The van der Waals surface area contributed by atoms with Gasteiger partial charge in [-0.1, -0.05) is 0 Å². The number of amides is 2. The topological polar surface area (TPSA) is 120 Å². The molecule has 2 aromatic carbocycles. The zero-order valence-corrected chi connectivity index (χ0v) is 17.4. The summed E-state index contributed by atoms with van der Waals surface area (Å²) in [6, 6.07) is 4.90. The number of halogens is 4. The van der Waals surface area contributed by atoms with E-state index < -0.39 is 65.8 Å². The van der Waals surface area contributed by atoms with Crippen LogP contribution in [0.25, 0.3) is 0 Å². The van der Waals surface area contributed by atoms with Crippen LogP contribution in [0, 0.1) is 21.0 Å². The Bertz CT molecular complexity index is 946. The van der Waals surface area contributed by atoms with Crippen LogP contribution in [0.4, 0.5) is 24.5 Å². The van der Waals surface area contributed by atoms with Gasteiger partial charge in [-0.05, 0) is 46.9 Å². The molecular formula is C18H17F3IN3O5. The predicted molar refractivity (Wildman–Crippen MR) is 108 cm³/mol. The minimum atomic E-state index is -1.49. The second kappa shape index (κ2) is 11.1. The van der Waals surface area contributed by atoms with Crippen molar-refractivity contribution >= 4 is 45.8 Å². The summed E-state index contributed by atoms with van der Waals surface area (Å²) < 4.78 is 44.0. The third-order valence-corrected chi connectivity index (χ3v) is 4.37. The SMILES string of the molecule is O=C(CO)NCc1cc(C(=O)NOCCO)c(Nc2ccc(I)cc2F)c(F)c1F. The van der Waals surface area contributed by atoms with Crippen molar-refractivity contribution in [3.63, 3.8) is 0 Å². The van der Waals surface area contributed by atoms with Gasteiger partial charge in [0.1, 0.15) is 12.4 Å². The third-order valence-electron chi connectivity index (χ3n) is 3.70. The van der Waals surface area contributed by atoms with Crippen molar-refractivity contribution in [1.82, 2.24) is 10.8 Å². The maximum atomic E-state index is 14.8. The number of aliphatic hydroxyl groups excluding tert-OH is 2. The fraction of sp³-hybridized carbons (Fsp3) is 0.222. The minimum Gasteiger partial charge on any atom is -0.394 e. The first-order chi connectivity index (χ1) is 14.3. The van der Waals surface area contributed by atoms with Gasteiger partial charge in [0.05, 0.1) is 30.2 Å². The van der Waals surface area contributed by atoms with E-state index in [1.54, 1.807) is 0 Å². The van der Waals surface area contributed by atoms with Crippen LogP contribution in [0.5, 0.6) is 0 Å². The van der Waals surface area contributed by atoms with Gasteiger partial charge < -0.3 is 20.8 Å². The Kier molecular flexibility index (Phi) is 8.83. The molecule has 0 fully saturated rings. The van der Waals surface area contributed by atoms with E-state index in [0.29, 0.717) is 3.57 Å². The molecule has 30 heavy (non-hydrogen) atoms. The lowest BCUT2D eigenvalue weighted by atomic mass is 10.1. The summed E-state index contributed by atoms with van der Waals surface area (Å²) in [6.45, 7) is -2.05. The van der Waals surface area contributed by atoms with Gasteiger partial charge in [-0.3, -0.25) is 14.4 Å². The summed E-state index contributed by atoms with van der Waals surface area (Å²) in [7, 11) is 0. The first-order valence-corrected chi connectivity index (χ1v) is 9.49. The van der Waals surface area contributed by atoms with E-state index in [1.807, 2.05) is 28.1 Å². The van der Waals surface area contributed by atoms with Gasteiger partial charge in [-0.15, -0.1) is 0 Å². The molecule has 0 atom stereocenters. The zero-order chi connectivity index (χ0) is 22.3. The molecule has 0 radical (unpaired) electrons. The molecule has 0 aliphatic heterocycles. The second-order valence-electron chi connectivity index (χ2n) is 5.77. The van der Waals surface area contributed by atoms with Crippen LogP contribution in [0.15, 0.2) is 24.3 Å². The van der Waals surface area contributed by atoms with Crippen molar-refractivity contribution in [3.05, 3.63) is 56.4 Å². The zero-order valence-electron chi connectivity index (χ0n) is 15.3. The van der Waals surface area contributed by atoms with Crippen LogP contribution in [0.2, 0.25) is 0 Å². The molecule has 0 saturated heterocycles. The fourth-order valence-electron chi connectivity index (χ4n) is 2.30. The Balaban J connectivity index is 2.47. The normalized spacial score (nSPS) is 10.6. The van der Waals surface area contributed by atoms with E-state index in [-0.39, 0.29) is 12.3 Å². The highest BCUT2D eigenvalue weighted by Crippen LogP contribution is 2.30. The first kappa shape index (κ1) is 23.9. The molecule has 2 amide bonds. The molecule has 8 nitrogen and oxygen atoms in total. The average molecular weight is 539 g/mol. The van der Waals surface area contributed by atoms with E-state index in [9.17, 15) is 22.8 Å². The van der Waals surface area contributed by atoms with Crippen LogP contribution in [0.3, 0.4) is 0 Å². The Morgan fingerprint density at radius 3 is 2.47 bits per heavy atom. The molecule has 162 valence electrons. The molecule has 0 heterocycles. The Morgan fingerprint density at radius 1 is 1.10 bits per heavy atom. The van der Waals surface area contributed by atoms with E-state index in [1.165, 1.54) is 12.1 Å². The Labute approximate surface area is 182 Å². The van der Waals surface area contributed by atoms with E-state index >= 15 is 0 Å². The molecular weight excluding hydrogens is 522 g/mol. The third kappa shape index (κ3) is 6.04. The molecule has 0 bridgehead atoms. The molecule has 12 heteroatoms. The van der Waals surface area contributed by atoms with Crippen LogP contribution >= 0.6 is 22.6 Å². The number of carbonyl (C=O) groups excluding carboxylic acids is 2. The quantitative estimate of drug-likeness (QED) is 0.188. The molecule has 0 aliphatic rings. The predicted octanol–water partition coefficient (Wildman–Crippen LogP) is 1.71. The van der Waals surface area contributed by atoms with Crippen molar-refractivity contribution in [2.75, 3.05) is 25.1 Å². The monoisotopic (exact) mass is 539 g/mol. The Morgan fingerprint density at radius 2 is 1.83 bits per heavy atom. The highest BCUT2D eigenvalue weighted by molar-refractivity contribution is 14.1. The van der Waals surface area contributed by atoms with E-state index in [0.717, 1.165) is 12.1 Å². The lowest BCUT2D eigenvalue weighted by molar-refractivity contribution is -0.123. The molecule has 0 saturated carbocycles. The van der Waals surface area contributed by atoms with Gasteiger partial charge in [0.2, 0.25) is 5.91 Å². The molecule has 5 N–H and O–H groups in total. The number of anilines is 2. The van der Waals surface area contributed by atoms with Crippen LogP contribution in [0.1, 0.15) is 15.9 Å². The summed E-state index contributed by atoms with van der Waals surface area (Å²) in [5.41, 5.74) is 0.244. The van der Waals surface area contributed by atoms with Crippen molar-refractivity contribution < 1.29 is 37.8 Å². The average Bonchev–Trinajstić information content (AvgIpc) is 2.72. The van der Waals surface area contributed by atoms with E-state index in [2.05, 4.69) is 10.6 Å². The number of rotatable bonds is 9. The molecule has 0 aromatic heterocycles. The summed E-state index contributed by atoms with van der Waals surface area (Å²) in [5, 5.41) is 22.0. The molecule has 0 spiro atoms. The fourth-order valence-corrected chi connectivity index (χ4v) is 2.75. The van der Waals surface area contributed by atoms with Gasteiger partial charge in [0.15, 0.2) is 11.6 Å². The second-order valence-corrected chi connectivity index (χ2v) is 7.02. The van der Waals surface area contributed by atoms with Crippen molar-refractivity contribution in [1.29, 1.82) is 0 Å². The van der Waals surface area contributed by atoms with Crippen molar-refractivity contribution in [2.45, 2.75) is 6.54 Å². The van der Waals surface area contributed by atoms with Gasteiger partial charge in [-0.25, -0.2) is 18.7 Å². The van der Waals surface area contributed by atoms with Crippen molar-refractivity contribution in [3.8, 4) is 0 Å². The number of aliphatic hydroxyl groups is 2. The highest BCUT2D eigenvalue weighted by Gasteiger charge is 2.24. The van der Waals surface area contributed by atoms with Gasteiger partial charge in [0, 0.05) is 15.7 Å². The highest BCUT2D eigenvalue weighted by atomic mass is 127. The standard InChI is InChI=1S/C18H17F3IN3O5/c19-12-6-10(22)1-2-13(12)24-17-11(18(29)25-30-4-3-26)5-9(15(20)16(17)21)7-23-14(28)8-27/h1-2,5-6,24,26-27H,3-4,7-8H2,(H,23,28)(H,25,29). The molecule has 2 aromatic rings.